The minimum absolute atomic E-state index is 0.0396. The lowest BCUT2D eigenvalue weighted by atomic mass is 9.98. The van der Waals surface area contributed by atoms with Crippen molar-refractivity contribution in [1.29, 1.82) is 0 Å². The fourth-order valence-corrected chi connectivity index (χ4v) is 5.03. The second-order valence-corrected chi connectivity index (χ2v) is 13.9. The van der Waals surface area contributed by atoms with Gasteiger partial charge in [-0.2, -0.15) is 13.2 Å². The molecule has 50 heavy (non-hydrogen) atoms. The summed E-state index contributed by atoms with van der Waals surface area (Å²) >= 11 is 1.27. The molecule has 0 aliphatic rings. The maximum absolute atomic E-state index is 13.4. The Labute approximate surface area is 295 Å². The minimum Gasteiger partial charge on any atom is -0.475 e. The molecule has 0 saturated carbocycles. The number of nitrogens with one attached hydrogen (secondary N) is 5. The fraction of sp³-hybridized carbons (Fsp3) is 0.656. The van der Waals surface area contributed by atoms with E-state index in [1.807, 2.05) is 60.5 Å². The van der Waals surface area contributed by atoms with Gasteiger partial charge in [0.25, 0.3) is 0 Å². The lowest BCUT2D eigenvalue weighted by Crippen LogP contribution is -2.57. The normalized spacial score (nSPS) is 14.7. The second kappa shape index (κ2) is 21.9. The summed E-state index contributed by atoms with van der Waals surface area (Å²) in [5.41, 5.74) is 0. The summed E-state index contributed by atoms with van der Waals surface area (Å²) in [5.74, 6) is -4.46. The smallest absolute Gasteiger partial charge is 0.475 e. The first kappa shape index (κ1) is 45.9. The van der Waals surface area contributed by atoms with Crippen molar-refractivity contribution < 1.29 is 47.0 Å². The molecule has 0 aromatic carbocycles. The summed E-state index contributed by atoms with van der Waals surface area (Å²) in [6.45, 7) is 15.0. The third-order valence-corrected chi connectivity index (χ3v) is 7.39. The van der Waals surface area contributed by atoms with Gasteiger partial charge in [-0.15, -0.1) is 11.3 Å². The monoisotopic (exact) mass is 735 g/mol. The lowest BCUT2D eigenvalue weighted by molar-refractivity contribution is -0.192. The number of carbonyl (C=O) groups excluding carboxylic acids is 5. The molecule has 0 unspecified atom stereocenters. The van der Waals surface area contributed by atoms with Gasteiger partial charge in [0.15, 0.2) is 5.13 Å². The molecule has 0 aliphatic heterocycles. The molecule has 1 heterocycles. The van der Waals surface area contributed by atoms with Gasteiger partial charge in [0.2, 0.25) is 29.5 Å². The molecular weight excluding hydrogens is 683 g/mol. The van der Waals surface area contributed by atoms with Crippen molar-refractivity contribution >= 4 is 52.0 Å². The number of alkyl halides is 3. The zero-order chi connectivity index (χ0) is 38.9. The number of aliphatic carboxylic acids is 1. The number of aromatic nitrogens is 1. The van der Waals surface area contributed by atoms with Crippen LogP contribution in [0.2, 0.25) is 0 Å². The second-order valence-electron chi connectivity index (χ2n) is 13.0. The molecule has 1 rings (SSSR count). The van der Waals surface area contributed by atoms with Crippen LogP contribution in [0.3, 0.4) is 0 Å². The van der Waals surface area contributed by atoms with E-state index in [1.165, 1.54) is 23.5 Å². The van der Waals surface area contributed by atoms with Crippen LogP contribution < -0.4 is 26.6 Å². The summed E-state index contributed by atoms with van der Waals surface area (Å²) in [6, 6.07) is -3.39. The first-order valence-electron chi connectivity index (χ1n) is 16.0. The lowest BCUT2D eigenvalue weighted by Gasteiger charge is -2.30. The van der Waals surface area contributed by atoms with Crippen LogP contribution in [0.5, 0.6) is 0 Å². The zero-order valence-corrected chi connectivity index (χ0v) is 31.0. The topological polar surface area (TPSA) is 199 Å². The number of rotatable bonds is 17. The molecule has 6 N–H and O–H groups in total. The van der Waals surface area contributed by atoms with E-state index < -0.39 is 66.0 Å². The third-order valence-electron chi connectivity index (χ3n) is 6.70. The van der Waals surface area contributed by atoms with E-state index in [1.54, 1.807) is 25.4 Å². The van der Waals surface area contributed by atoms with Crippen LogP contribution in [0, 0.1) is 17.8 Å². The number of likely N-dealkylation sites (N-methyl/N-ethyl adjacent to an activating group) is 1. The highest BCUT2D eigenvalue weighted by molar-refractivity contribution is 7.13. The maximum Gasteiger partial charge on any atom is 0.490 e. The molecule has 18 heteroatoms. The van der Waals surface area contributed by atoms with Gasteiger partial charge in [-0.05, 0) is 58.5 Å². The van der Waals surface area contributed by atoms with Gasteiger partial charge < -0.3 is 31.7 Å². The summed E-state index contributed by atoms with van der Waals surface area (Å²) in [5, 5.41) is 23.1. The van der Waals surface area contributed by atoms with Crippen molar-refractivity contribution in [1.82, 2.24) is 31.2 Å². The van der Waals surface area contributed by atoms with Gasteiger partial charge in [0.1, 0.15) is 18.1 Å². The molecule has 0 fully saturated rings. The van der Waals surface area contributed by atoms with Crippen molar-refractivity contribution in [2.75, 3.05) is 19.4 Å². The number of anilines is 1. The maximum atomic E-state index is 13.4. The van der Waals surface area contributed by atoms with Crippen LogP contribution in [0.25, 0.3) is 0 Å². The SMILES string of the molecule is CC(C)C[C@H](NC(=O)[C@H](CC(C)C)NC(=O)[C@H](C(C)C)N(C)C)C(=O)N[C@@H](C)/C=C/C(=O)N[C@@H](C)C(=O)Nc1nccs1.O=C(O)C(F)(F)F. The Kier molecular flexibility index (Phi) is 20.1. The first-order chi connectivity index (χ1) is 23.0. The van der Waals surface area contributed by atoms with Gasteiger partial charge >= 0.3 is 12.1 Å². The van der Waals surface area contributed by atoms with E-state index in [4.69, 9.17) is 9.90 Å². The molecule has 5 atom stereocenters. The van der Waals surface area contributed by atoms with Crippen LogP contribution in [-0.2, 0) is 28.8 Å². The highest BCUT2D eigenvalue weighted by Crippen LogP contribution is 2.14. The summed E-state index contributed by atoms with van der Waals surface area (Å²) in [6.07, 6.45) is 0.0326. The molecule has 0 spiro atoms. The molecule has 14 nitrogen and oxygen atoms in total. The number of halogens is 3. The van der Waals surface area contributed by atoms with Crippen LogP contribution >= 0.6 is 11.3 Å². The van der Waals surface area contributed by atoms with Crippen LogP contribution in [-0.4, -0.2) is 101 Å². The molecule has 0 aliphatic carbocycles. The molecular formula is C32H52F3N7O7S. The van der Waals surface area contributed by atoms with E-state index in [2.05, 4.69) is 31.6 Å². The molecule has 0 bridgehead atoms. The van der Waals surface area contributed by atoms with Gasteiger partial charge in [0, 0.05) is 23.7 Å². The van der Waals surface area contributed by atoms with Crippen LogP contribution in [0.1, 0.15) is 68.2 Å². The molecule has 0 radical (unpaired) electrons. The van der Waals surface area contributed by atoms with Crippen LogP contribution in [0.15, 0.2) is 23.7 Å². The number of thiazole rings is 1. The Morgan fingerprint density at radius 2 is 1.30 bits per heavy atom. The molecule has 1 aromatic rings. The Bertz CT molecular complexity index is 1280. The van der Waals surface area contributed by atoms with Gasteiger partial charge in [0.05, 0.1) is 6.04 Å². The van der Waals surface area contributed by atoms with Gasteiger partial charge in [-0.3, -0.25) is 28.9 Å². The summed E-state index contributed by atoms with van der Waals surface area (Å²) in [4.78, 5) is 79.0. The van der Waals surface area contributed by atoms with E-state index in [0.29, 0.717) is 18.0 Å². The largest absolute Gasteiger partial charge is 0.490 e. The van der Waals surface area contributed by atoms with E-state index in [-0.39, 0.29) is 23.7 Å². The zero-order valence-electron chi connectivity index (χ0n) is 30.2. The standard InChI is InChI=1S/C30H51N7O5S.C2HF3O2/c1-17(2)15-22(34-28(41)23(16-18(3)4)35-29(42)25(19(5)6)37(9)10)27(40)32-20(7)11-12-24(38)33-21(8)26(39)36-30-31-13-14-43-30;3-2(4,5)1(6)7/h11-14,17-23,25H,15-16H2,1-10H3,(H,32,40)(H,33,38)(H,34,41)(H,35,42)(H,31,36,39);(H,6,7)/b12-11+;/t20-,21-,22-,23-,25-;/m0./s1. The molecule has 5 amide bonds. The quantitative estimate of drug-likeness (QED) is 0.130. The Balaban J connectivity index is 0.00000308. The van der Waals surface area contributed by atoms with Crippen molar-refractivity contribution in [3.8, 4) is 0 Å². The van der Waals surface area contributed by atoms with Crippen molar-refractivity contribution in [3.05, 3.63) is 23.7 Å². The molecule has 0 saturated heterocycles. The Morgan fingerprint density at radius 3 is 1.70 bits per heavy atom. The Hall–Kier alpha value is -4.06. The Morgan fingerprint density at radius 1 is 0.820 bits per heavy atom. The fourth-order valence-electron chi connectivity index (χ4n) is 4.50. The number of nitrogens with zero attached hydrogens (tertiary/aromatic N) is 2. The number of hydrogen-bond donors (Lipinski definition) is 6. The summed E-state index contributed by atoms with van der Waals surface area (Å²) < 4.78 is 31.7. The van der Waals surface area contributed by atoms with Crippen molar-refractivity contribution in [2.24, 2.45) is 17.8 Å². The molecule has 1 aromatic heterocycles. The van der Waals surface area contributed by atoms with E-state index in [9.17, 15) is 37.1 Å². The number of carboxylic acid groups (broad SMARTS) is 1. The average molecular weight is 736 g/mol. The van der Waals surface area contributed by atoms with Gasteiger partial charge in [-0.25, -0.2) is 9.78 Å². The summed E-state index contributed by atoms with van der Waals surface area (Å²) in [7, 11) is 3.65. The number of carbonyl (C=O) groups is 6. The van der Waals surface area contributed by atoms with E-state index >= 15 is 0 Å². The predicted molar refractivity (Wildman–Crippen MR) is 184 cm³/mol. The van der Waals surface area contributed by atoms with E-state index in [0.717, 1.165) is 0 Å². The number of amides is 5. The minimum atomic E-state index is -5.08. The van der Waals surface area contributed by atoms with Crippen molar-refractivity contribution in [2.45, 2.75) is 105 Å². The predicted octanol–water partition coefficient (Wildman–Crippen LogP) is 2.93. The molecule has 284 valence electrons. The average Bonchev–Trinajstić information content (AvgIpc) is 3.47. The highest BCUT2D eigenvalue weighted by Gasteiger charge is 2.38. The first-order valence-corrected chi connectivity index (χ1v) is 16.9. The number of carboxylic acids is 1. The van der Waals surface area contributed by atoms with Crippen LogP contribution in [0.4, 0.5) is 18.3 Å². The number of hydrogen-bond acceptors (Lipinski definition) is 9. The highest BCUT2D eigenvalue weighted by atomic mass is 32.1. The van der Waals surface area contributed by atoms with Gasteiger partial charge in [-0.1, -0.05) is 47.6 Å². The van der Waals surface area contributed by atoms with Crippen molar-refractivity contribution in [3.63, 3.8) is 0 Å². The third kappa shape index (κ3) is 18.6.